The highest BCUT2D eigenvalue weighted by Gasteiger charge is 2.47. The van der Waals surface area contributed by atoms with Gasteiger partial charge in [-0.1, -0.05) is 26.0 Å². The number of aromatic hydroxyl groups is 1. The Balaban J connectivity index is 1.95. The molecular weight excluding hydrogens is 499 g/mol. The first kappa shape index (κ1) is 26.8. The number of nitrogens with zero attached hydrogens (tertiary/aromatic N) is 1. The van der Waals surface area contributed by atoms with Gasteiger partial charge in [-0.3, -0.25) is 14.5 Å². The van der Waals surface area contributed by atoms with E-state index >= 15 is 0 Å². The van der Waals surface area contributed by atoms with Crippen LogP contribution in [0.4, 0.5) is 18.9 Å². The van der Waals surface area contributed by atoms with Gasteiger partial charge in [0.25, 0.3) is 11.7 Å². The first-order valence-corrected chi connectivity index (χ1v) is 11.8. The predicted octanol–water partition coefficient (Wildman–Crippen LogP) is 6.48. The summed E-state index contributed by atoms with van der Waals surface area (Å²) in [6.45, 7) is 5.61. The Bertz CT molecular complexity index is 1420. The molecule has 38 heavy (non-hydrogen) atoms. The molecule has 1 heterocycles. The summed E-state index contributed by atoms with van der Waals surface area (Å²) in [5, 5.41) is 21.3. The van der Waals surface area contributed by atoms with E-state index in [0.29, 0.717) is 22.4 Å². The van der Waals surface area contributed by atoms with Gasteiger partial charge in [0.15, 0.2) is 0 Å². The fourth-order valence-electron chi connectivity index (χ4n) is 4.61. The van der Waals surface area contributed by atoms with Crippen molar-refractivity contribution in [1.29, 1.82) is 0 Å². The van der Waals surface area contributed by atoms with Crippen molar-refractivity contribution in [2.75, 3.05) is 12.0 Å². The Morgan fingerprint density at radius 3 is 2.13 bits per heavy atom. The summed E-state index contributed by atoms with van der Waals surface area (Å²) in [5.74, 6) is -1.85. The number of anilines is 1. The summed E-state index contributed by atoms with van der Waals surface area (Å²) in [6.07, 6.45) is -4.58. The molecule has 2 N–H and O–H groups in total. The molecular formula is C29H26F3NO5. The van der Waals surface area contributed by atoms with Crippen molar-refractivity contribution < 1.29 is 37.7 Å². The Morgan fingerprint density at radius 1 is 1.00 bits per heavy atom. The quantitative estimate of drug-likeness (QED) is 0.226. The SMILES string of the molecule is COc1cc(C)c(/C(O)=C2\C(=O)C(=O)N(c3ccc(C(F)(F)F)cc3)C2c2ccc(O)cc2)cc1C(C)C. The van der Waals surface area contributed by atoms with E-state index in [2.05, 4.69) is 0 Å². The number of amides is 1. The number of aliphatic hydroxyl groups excluding tert-OH is 1. The van der Waals surface area contributed by atoms with Crippen LogP contribution < -0.4 is 9.64 Å². The standard InChI is InChI=1S/C29H26F3NO5/c1-15(2)21-14-22(16(3)13-23(21)38-4)26(35)24-25(17-5-11-20(34)12-6-17)33(28(37)27(24)36)19-9-7-18(8-10-19)29(30,31)32/h5-15,25,34-35H,1-4H3/b26-24+. The molecule has 1 saturated heterocycles. The van der Waals surface area contributed by atoms with Gasteiger partial charge in [-0.15, -0.1) is 0 Å². The van der Waals surface area contributed by atoms with Crippen LogP contribution in [-0.4, -0.2) is 29.0 Å². The summed E-state index contributed by atoms with van der Waals surface area (Å²) >= 11 is 0. The minimum absolute atomic E-state index is 0.0135. The first-order chi connectivity index (χ1) is 17.8. The molecule has 3 aromatic rings. The van der Waals surface area contributed by atoms with Crippen LogP contribution in [0, 0.1) is 6.92 Å². The zero-order valence-electron chi connectivity index (χ0n) is 21.1. The third kappa shape index (κ3) is 4.71. The fraction of sp³-hybridized carbons (Fsp3) is 0.241. The number of ether oxygens (including phenoxy) is 1. The van der Waals surface area contributed by atoms with Gasteiger partial charge in [-0.25, -0.2) is 0 Å². The van der Waals surface area contributed by atoms with E-state index in [1.165, 1.54) is 31.4 Å². The lowest BCUT2D eigenvalue weighted by molar-refractivity contribution is -0.137. The number of ketones is 1. The normalized spacial score (nSPS) is 17.4. The van der Waals surface area contributed by atoms with Crippen molar-refractivity contribution >= 4 is 23.1 Å². The van der Waals surface area contributed by atoms with Crippen LogP contribution >= 0.6 is 0 Å². The second-order valence-electron chi connectivity index (χ2n) is 9.37. The number of carbonyl (C=O) groups is 2. The van der Waals surface area contributed by atoms with Gasteiger partial charge in [-0.05, 0) is 78.1 Å². The lowest BCUT2D eigenvalue weighted by atomic mass is 9.91. The number of phenols is 1. The van der Waals surface area contributed by atoms with Gasteiger partial charge >= 0.3 is 6.18 Å². The number of benzene rings is 3. The highest BCUT2D eigenvalue weighted by Crippen LogP contribution is 2.44. The lowest BCUT2D eigenvalue weighted by Gasteiger charge is -2.26. The minimum atomic E-state index is -4.58. The number of aryl methyl sites for hydroxylation is 1. The number of rotatable bonds is 5. The molecule has 4 rings (SSSR count). The summed E-state index contributed by atoms with van der Waals surface area (Å²) in [4.78, 5) is 27.7. The number of halogens is 3. The van der Waals surface area contributed by atoms with Crippen LogP contribution in [0.5, 0.6) is 11.5 Å². The molecule has 0 bridgehead atoms. The van der Waals surface area contributed by atoms with Crippen LogP contribution in [0.2, 0.25) is 0 Å². The maximum Gasteiger partial charge on any atom is 0.416 e. The van der Waals surface area contributed by atoms with Crippen molar-refractivity contribution in [3.05, 3.63) is 94.1 Å². The summed E-state index contributed by atoms with van der Waals surface area (Å²) < 4.78 is 44.9. The molecule has 1 aliphatic heterocycles. The van der Waals surface area contributed by atoms with E-state index in [4.69, 9.17) is 4.74 Å². The number of Topliss-reactive ketones (excluding diaryl/α,β-unsaturated/α-hetero) is 1. The van der Waals surface area contributed by atoms with Crippen molar-refractivity contribution in [3.8, 4) is 11.5 Å². The maximum absolute atomic E-state index is 13.4. The number of hydrogen-bond acceptors (Lipinski definition) is 5. The van der Waals surface area contributed by atoms with Gasteiger partial charge < -0.3 is 14.9 Å². The van der Waals surface area contributed by atoms with Gasteiger partial charge in [0.1, 0.15) is 17.3 Å². The predicted molar refractivity (Wildman–Crippen MR) is 136 cm³/mol. The van der Waals surface area contributed by atoms with Crippen LogP contribution in [-0.2, 0) is 15.8 Å². The van der Waals surface area contributed by atoms with Crippen molar-refractivity contribution in [1.82, 2.24) is 0 Å². The number of phenolic OH excluding ortho intramolecular Hbond substituents is 1. The molecule has 0 aliphatic carbocycles. The van der Waals surface area contributed by atoms with E-state index in [1.807, 2.05) is 13.8 Å². The number of hydrogen-bond donors (Lipinski definition) is 2. The monoisotopic (exact) mass is 525 g/mol. The molecule has 1 amide bonds. The maximum atomic E-state index is 13.4. The van der Waals surface area contributed by atoms with Crippen LogP contribution in [0.25, 0.3) is 5.76 Å². The van der Waals surface area contributed by atoms with Crippen molar-refractivity contribution in [2.24, 2.45) is 0 Å². The molecule has 3 aromatic carbocycles. The topological polar surface area (TPSA) is 87.1 Å². The highest BCUT2D eigenvalue weighted by molar-refractivity contribution is 6.51. The van der Waals surface area contributed by atoms with Crippen LogP contribution in [0.1, 0.15) is 53.6 Å². The molecule has 1 fully saturated rings. The molecule has 6 nitrogen and oxygen atoms in total. The fourth-order valence-corrected chi connectivity index (χ4v) is 4.61. The second kappa shape index (κ2) is 9.89. The van der Waals surface area contributed by atoms with Gasteiger partial charge in [0.2, 0.25) is 0 Å². The highest BCUT2D eigenvalue weighted by atomic mass is 19.4. The number of methoxy groups -OCH3 is 1. The van der Waals surface area contributed by atoms with Crippen LogP contribution in [0.15, 0.2) is 66.2 Å². The third-order valence-electron chi connectivity index (χ3n) is 6.58. The summed E-state index contributed by atoms with van der Waals surface area (Å²) in [6, 6.07) is 11.8. The Labute approximate surface area is 217 Å². The minimum Gasteiger partial charge on any atom is -0.508 e. The third-order valence-corrected chi connectivity index (χ3v) is 6.58. The molecule has 0 saturated carbocycles. The zero-order valence-corrected chi connectivity index (χ0v) is 21.1. The Hall–Kier alpha value is -4.27. The first-order valence-electron chi connectivity index (χ1n) is 11.8. The number of carbonyl (C=O) groups excluding carboxylic acids is 2. The van der Waals surface area contributed by atoms with E-state index in [9.17, 15) is 33.0 Å². The summed E-state index contributed by atoms with van der Waals surface area (Å²) in [5.41, 5.74) is 0.985. The number of alkyl halides is 3. The average Bonchev–Trinajstić information content (AvgIpc) is 3.13. The van der Waals surface area contributed by atoms with Gasteiger partial charge in [0.05, 0.1) is 24.3 Å². The molecule has 1 aliphatic rings. The number of aliphatic hydroxyl groups is 1. The Kier molecular flexibility index (Phi) is 6.97. The van der Waals surface area contributed by atoms with Crippen molar-refractivity contribution in [2.45, 2.75) is 38.9 Å². The largest absolute Gasteiger partial charge is 0.508 e. The van der Waals surface area contributed by atoms with E-state index in [0.717, 1.165) is 34.7 Å². The molecule has 0 spiro atoms. The van der Waals surface area contributed by atoms with E-state index < -0.39 is 35.2 Å². The molecule has 0 aromatic heterocycles. The molecule has 1 atom stereocenters. The second-order valence-corrected chi connectivity index (χ2v) is 9.37. The van der Waals surface area contributed by atoms with Crippen molar-refractivity contribution in [3.63, 3.8) is 0 Å². The Morgan fingerprint density at radius 2 is 1.61 bits per heavy atom. The molecule has 0 radical (unpaired) electrons. The van der Waals surface area contributed by atoms with E-state index in [-0.39, 0.29) is 22.9 Å². The lowest BCUT2D eigenvalue weighted by Crippen LogP contribution is -2.29. The summed E-state index contributed by atoms with van der Waals surface area (Å²) in [7, 11) is 1.53. The average molecular weight is 526 g/mol. The van der Waals surface area contributed by atoms with Gasteiger partial charge in [-0.2, -0.15) is 13.2 Å². The smallest absolute Gasteiger partial charge is 0.416 e. The molecule has 198 valence electrons. The molecule has 9 heteroatoms. The van der Waals surface area contributed by atoms with Gasteiger partial charge in [0, 0.05) is 11.3 Å². The zero-order chi connectivity index (χ0) is 27.9. The molecule has 1 unspecified atom stereocenters. The van der Waals surface area contributed by atoms with Crippen LogP contribution in [0.3, 0.4) is 0 Å². The van der Waals surface area contributed by atoms with E-state index in [1.54, 1.807) is 19.1 Å².